The summed E-state index contributed by atoms with van der Waals surface area (Å²) in [6, 6.07) is 14.5. The molecule has 4 rings (SSSR count). The fourth-order valence-corrected chi connectivity index (χ4v) is 4.70. The summed E-state index contributed by atoms with van der Waals surface area (Å²) in [5.74, 6) is -0.656. The van der Waals surface area contributed by atoms with Gasteiger partial charge in [0.05, 0.1) is 29.4 Å². The van der Waals surface area contributed by atoms with Crippen LogP contribution in [0.25, 0.3) is 11.3 Å². The number of hydrogen-bond donors (Lipinski definition) is 3. The Bertz CT molecular complexity index is 1240. The molecule has 1 saturated heterocycles. The number of carboxylic acids is 1. The molecule has 0 saturated carbocycles. The van der Waals surface area contributed by atoms with Gasteiger partial charge in [-0.05, 0) is 55.4 Å². The van der Waals surface area contributed by atoms with Crippen molar-refractivity contribution in [1.82, 2.24) is 19.6 Å². The van der Waals surface area contributed by atoms with Gasteiger partial charge in [-0.2, -0.15) is 0 Å². The van der Waals surface area contributed by atoms with Crippen molar-refractivity contribution < 1.29 is 23.1 Å². The molecule has 1 fully saturated rings. The number of anilines is 2. The van der Waals surface area contributed by atoms with Gasteiger partial charge >= 0.3 is 5.97 Å². The molecule has 2 heterocycles. The molecule has 3 aromatic rings. The van der Waals surface area contributed by atoms with Crippen molar-refractivity contribution in [3.63, 3.8) is 0 Å². The summed E-state index contributed by atoms with van der Waals surface area (Å²) in [7, 11) is -3.60. The summed E-state index contributed by atoms with van der Waals surface area (Å²) < 4.78 is 33.2. The second-order valence-electron chi connectivity index (χ2n) is 8.00. The minimum absolute atomic E-state index is 0.183. The third-order valence-electron chi connectivity index (χ3n) is 5.55. The second kappa shape index (κ2) is 11.4. The third kappa shape index (κ3) is 6.83. The maximum atomic E-state index is 12.6. The normalized spacial score (nSPS) is 14.5. The van der Waals surface area contributed by atoms with Crippen LogP contribution in [0.2, 0.25) is 0 Å². The van der Waals surface area contributed by atoms with Gasteiger partial charge in [0.2, 0.25) is 16.0 Å². The molecule has 0 bridgehead atoms. The van der Waals surface area contributed by atoms with E-state index < -0.39 is 16.0 Å². The van der Waals surface area contributed by atoms with Crippen LogP contribution in [0.3, 0.4) is 0 Å². The van der Waals surface area contributed by atoms with Crippen LogP contribution < -0.4 is 10.0 Å². The Kier molecular flexibility index (Phi) is 8.03. The van der Waals surface area contributed by atoms with Crippen molar-refractivity contribution in [2.24, 2.45) is 0 Å². The standard InChI is InChI=1S/C24H27N5O5S/c30-23(31)19-4-2-18(3-5-19)22-10-12-25-24(28-22)27-20-6-8-21(9-7-20)35(32,33)26-11-1-13-29-14-16-34-17-15-29/h2-10,12,26H,1,11,13-17H2,(H,30,31)(H,25,27,28). The van der Waals surface area contributed by atoms with Gasteiger partial charge in [-0.1, -0.05) is 12.1 Å². The van der Waals surface area contributed by atoms with Crippen molar-refractivity contribution in [1.29, 1.82) is 0 Å². The summed E-state index contributed by atoms with van der Waals surface area (Å²) >= 11 is 0. The molecule has 1 aromatic heterocycles. The van der Waals surface area contributed by atoms with Crippen molar-refractivity contribution in [2.45, 2.75) is 11.3 Å². The smallest absolute Gasteiger partial charge is 0.335 e. The molecule has 0 radical (unpaired) electrons. The van der Waals surface area contributed by atoms with E-state index in [9.17, 15) is 13.2 Å². The summed E-state index contributed by atoms with van der Waals surface area (Å²) in [5, 5.41) is 12.1. The number of ether oxygens (including phenoxy) is 1. The highest BCUT2D eigenvalue weighted by atomic mass is 32.2. The first-order valence-electron chi connectivity index (χ1n) is 11.2. The van der Waals surface area contributed by atoms with Gasteiger partial charge in [0.25, 0.3) is 0 Å². The van der Waals surface area contributed by atoms with E-state index in [1.807, 2.05) is 0 Å². The Morgan fingerprint density at radius 3 is 2.43 bits per heavy atom. The molecule has 2 aromatic carbocycles. The molecular formula is C24H27N5O5S. The number of sulfonamides is 1. The lowest BCUT2D eigenvalue weighted by Gasteiger charge is -2.26. The predicted octanol–water partition coefficient (Wildman–Crippen LogP) is 2.59. The number of nitrogens with zero attached hydrogens (tertiary/aromatic N) is 3. The van der Waals surface area contributed by atoms with Gasteiger partial charge in [-0.25, -0.2) is 27.9 Å². The van der Waals surface area contributed by atoms with E-state index in [4.69, 9.17) is 9.84 Å². The number of morpholine rings is 1. The molecule has 35 heavy (non-hydrogen) atoms. The molecule has 11 heteroatoms. The average molecular weight is 498 g/mol. The van der Waals surface area contributed by atoms with Crippen LogP contribution in [0.15, 0.2) is 65.7 Å². The monoisotopic (exact) mass is 497 g/mol. The van der Waals surface area contributed by atoms with Gasteiger partial charge in [0.1, 0.15) is 0 Å². The number of aromatic nitrogens is 2. The van der Waals surface area contributed by atoms with Gasteiger partial charge in [0, 0.05) is 37.1 Å². The van der Waals surface area contributed by atoms with Gasteiger partial charge in [-0.3, -0.25) is 4.90 Å². The van der Waals surface area contributed by atoms with E-state index in [2.05, 4.69) is 24.9 Å². The highest BCUT2D eigenvalue weighted by molar-refractivity contribution is 7.89. The number of hydrogen-bond acceptors (Lipinski definition) is 8. The molecule has 0 amide bonds. The van der Waals surface area contributed by atoms with Gasteiger partial charge < -0.3 is 15.2 Å². The summed E-state index contributed by atoms with van der Waals surface area (Å²) in [6.07, 6.45) is 2.32. The zero-order valence-electron chi connectivity index (χ0n) is 19.1. The van der Waals surface area contributed by atoms with Gasteiger partial charge in [-0.15, -0.1) is 0 Å². The average Bonchev–Trinajstić information content (AvgIpc) is 2.88. The number of benzene rings is 2. The molecule has 3 N–H and O–H groups in total. The van der Waals surface area contributed by atoms with E-state index in [0.29, 0.717) is 23.9 Å². The molecule has 0 atom stereocenters. The summed E-state index contributed by atoms with van der Waals surface area (Å²) in [6.45, 7) is 4.41. The first-order chi connectivity index (χ1) is 16.9. The van der Waals surface area contributed by atoms with Crippen molar-refractivity contribution in [3.8, 4) is 11.3 Å². The van der Waals surface area contributed by atoms with Crippen LogP contribution >= 0.6 is 0 Å². The number of carbonyl (C=O) groups is 1. The zero-order valence-corrected chi connectivity index (χ0v) is 19.9. The largest absolute Gasteiger partial charge is 0.478 e. The number of rotatable bonds is 10. The first-order valence-corrected chi connectivity index (χ1v) is 12.7. The zero-order chi connectivity index (χ0) is 24.7. The third-order valence-corrected chi connectivity index (χ3v) is 7.03. The molecule has 1 aliphatic heterocycles. The van der Waals surface area contributed by atoms with Crippen LogP contribution in [-0.2, 0) is 14.8 Å². The Balaban J connectivity index is 1.33. The topological polar surface area (TPSA) is 134 Å². The molecule has 0 unspecified atom stereocenters. The van der Waals surface area contributed by atoms with Crippen LogP contribution in [0.4, 0.5) is 11.6 Å². The minimum atomic E-state index is -3.60. The van der Waals surface area contributed by atoms with Gasteiger partial charge in [0.15, 0.2) is 0 Å². The van der Waals surface area contributed by atoms with Crippen molar-refractivity contribution >= 4 is 27.6 Å². The lowest BCUT2D eigenvalue weighted by molar-refractivity contribution is 0.0376. The highest BCUT2D eigenvalue weighted by Crippen LogP contribution is 2.21. The molecule has 0 aliphatic carbocycles. The first kappa shape index (κ1) is 24.7. The lowest BCUT2D eigenvalue weighted by atomic mass is 10.1. The van der Waals surface area contributed by atoms with Crippen molar-refractivity contribution in [3.05, 3.63) is 66.4 Å². The van der Waals surface area contributed by atoms with Crippen LogP contribution in [0.5, 0.6) is 0 Å². The lowest BCUT2D eigenvalue weighted by Crippen LogP contribution is -2.38. The molecule has 1 aliphatic rings. The second-order valence-corrected chi connectivity index (χ2v) is 9.77. The maximum Gasteiger partial charge on any atom is 0.335 e. The molecule has 0 spiro atoms. The predicted molar refractivity (Wildman–Crippen MR) is 131 cm³/mol. The van der Waals surface area contributed by atoms with E-state index in [1.54, 1.807) is 36.5 Å². The Labute approximate surface area is 204 Å². The van der Waals surface area contributed by atoms with E-state index in [1.165, 1.54) is 24.3 Å². The fourth-order valence-electron chi connectivity index (χ4n) is 3.63. The Morgan fingerprint density at radius 1 is 1.03 bits per heavy atom. The van der Waals surface area contributed by atoms with Crippen LogP contribution in [-0.4, -0.2) is 73.8 Å². The molecular weight excluding hydrogens is 470 g/mol. The number of aromatic carboxylic acids is 1. The molecule has 184 valence electrons. The minimum Gasteiger partial charge on any atom is -0.478 e. The Hall–Kier alpha value is -3.38. The summed E-state index contributed by atoms with van der Waals surface area (Å²) in [4.78, 5) is 22.1. The number of carboxylic acid groups (broad SMARTS) is 1. The van der Waals surface area contributed by atoms with Crippen molar-refractivity contribution in [2.75, 3.05) is 44.7 Å². The van der Waals surface area contributed by atoms with Crippen LogP contribution in [0, 0.1) is 0 Å². The quantitative estimate of drug-likeness (QED) is 0.361. The number of nitrogens with one attached hydrogen (secondary N) is 2. The highest BCUT2D eigenvalue weighted by Gasteiger charge is 2.15. The van der Waals surface area contributed by atoms with E-state index in [-0.39, 0.29) is 10.5 Å². The van der Waals surface area contributed by atoms with E-state index >= 15 is 0 Å². The Morgan fingerprint density at radius 2 is 1.74 bits per heavy atom. The maximum absolute atomic E-state index is 12.6. The van der Waals surface area contributed by atoms with Crippen LogP contribution in [0.1, 0.15) is 16.8 Å². The molecule has 10 nitrogen and oxygen atoms in total. The van der Waals surface area contributed by atoms with E-state index in [0.717, 1.165) is 44.8 Å². The SMILES string of the molecule is O=C(O)c1ccc(-c2ccnc(Nc3ccc(S(=O)(=O)NCCCN4CCOCC4)cc3)n2)cc1. The summed E-state index contributed by atoms with van der Waals surface area (Å²) in [5.41, 5.74) is 2.21. The fraction of sp³-hybridized carbons (Fsp3) is 0.292.